The van der Waals surface area contributed by atoms with Crippen LogP contribution in [0, 0.1) is 0 Å². The van der Waals surface area contributed by atoms with Gasteiger partial charge in [0.25, 0.3) is 0 Å². The van der Waals surface area contributed by atoms with Gasteiger partial charge in [0, 0.05) is 15.6 Å². The number of benzene rings is 1. The number of halogens is 3. The molecular weight excluding hydrogens is 315 g/mol. The Kier molecular flexibility index (Phi) is 5.62. The van der Waals surface area contributed by atoms with Crippen molar-refractivity contribution in [1.29, 1.82) is 0 Å². The first kappa shape index (κ1) is 13.8. The summed E-state index contributed by atoms with van der Waals surface area (Å²) in [6.07, 6.45) is -0.605. The normalized spacial score (nSPS) is 13.7. The van der Waals surface area contributed by atoms with Gasteiger partial charge >= 0.3 is 0 Å². The summed E-state index contributed by atoms with van der Waals surface area (Å²) in [6.45, 7) is 1.86. The lowest BCUT2D eigenvalue weighted by Gasteiger charge is -2.13. The average Bonchev–Trinajstić information content (AvgIpc) is 2.26. The summed E-state index contributed by atoms with van der Waals surface area (Å²) in [6, 6.07) is 5.41. The minimum absolute atomic E-state index is 0.187. The van der Waals surface area contributed by atoms with E-state index in [1.807, 2.05) is 6.07 Å². The van der Waals surface area contributed by atoms with E-state index in [9.17, 15) is 5.11 Å². The van der Waals surface area contributed by atoms with Crippen LogP contribution in [0.1, 0.15) is 18.6 Å². The molecule has 0 aliphatic heterocycles. The summed E-state index contributed by atoms with van der Waals surface area (Å²) in [5.41, 5.74) is 1.95. The SMILES string of the molecule is CC(O)c1cc(Br)ccc1OCC(Cl)=CCl. The van der Waals surface area contributed by atoms with Crippen molar-refractivity contribution in [2.75, 3.05) is 6.61 Å². The maximum Gasteiger partial charge on any atom is 0.125 e. The molecule has 0 bridgehead atoms. The molecule has 0 radical (unpaired) electrons. The van der Waals surface area contributed by atoms with E-state index in [1.54, 1.807) is 19.1 Å². The van der Waals surface area contributed by atoms with Crippen molar-refractivity contribution < 1.29 is 9.84 Å². The fraction of sp³-hybridized carbons (Fsp3) is 0.273. The Balaban J connectivity index is 2.87. The first-order valence-corrected chi connectivity index (χ1v) is 6.20. The highest BCUT2D eigenvalue weighted by Gasteiger charge is 2.10. The van der Waals surface area contributed by atoms with Gasteiger partial charge in [-0.25, -0.2) is 0 Å². The van der Waals surface area contributed by atoms with Crippen LogP contribution in [-0.2, 0) is 0 Å². The van der Waals surface area contributed by atoms with E-state index in [0.29, 0.717) is 16.3 Å². The van der Waals surface area contributed by atoms with Crippen molar-refractivity contribution in [2.24, 2.45) is 0 Å². The van der Waals surface area contributed by atoms with Gasteiger partial charge < -0.3 is 9.84 Å². The molecule has 1 atom stereocenters. The van der Waals surface area contributed by atoms with Crippen molar-refractivity contribution in [2.45, 2.75) is 13.0 Å². The number of aliphatic hydroxyl groups excluding tert-OH is 1. The predicted molar refractivity (Wildman–Crippen MR) is 70.1 cm³/mol. The number of hydrogen-bond donors (Lipinski definition) is 1. The van der Waals surface area contributed by atoms with Gasteiger partial charge in [-0.05, 0) is 25.1 Å². The van der Waals surface area contributed by atoms with Gasteiger partial charge in [0.15, 0.2) is 0 Å². The highest BCUT2D eigenvalue weighted by Crippen LogP contribution is 2.28. The van der Waals surface area contributed by atoms with E-state index in [4.69, 9.17) is 27.9 Å². The predicted octanol–water partition coefficient (Wildman–Crippen LogP) is 4.20. The van der Waals surface area contributed by atoms with Crippen LogP contribution in [0.5, 0.6) is 5.75 Å². The molecule has 1 N–H and O–H groups in total. The molecule has 16 heavy (non-hydrogen) atoms. The Hall–Kier alpha value is -0.220. The monoisotopic (exact) mass is 324 g/mol. The van der Waals surface area contributed by atoms with Gasteiger partial charge in [-0.2, -0.15) is 0 Å². The summed E-state index contributed by atoms with van der Waals surface area (Å²) in [5, 5.41) is 9.98. The van der Waals surface area contributed by atoms with Gasteiger partial charge in [0.1, 0.15) is 12.4 Å². The maximum atomic E-state index is 9.58. The molecule has 1 aromatic carbocycles. The van der Waals surface area contributed by atoms with Crippen LogP contribution < -0.4 is 4.74 Å². The lowest BCUT2D eigenvalue weighted by Crippen LogP contribution is -2.02. The molecule has 1 aromatic rings. The van der Waals surface area contributed by atoms with E-state index >= 15 is 0 Å². The van der Waals surface area contributed by atoms with Gasteiger partial charge in [-0.1, -0.05) is 39.1 Å². The van der Waals surface area contributed by atoms with E-state index < -0.39 is 6.10 Å². The second kappa shape index (κ2) is 6.50. The lowest BCUT2D eigenvalue weighted by atomic mass is 10.1. The smallest absolute Gasteiger partial charge is 0.125 e. The Morgan fingerprint density at radius 3 is 2.88 bits per heavy atom. The fourth-order valence-corrected chi connectivity index (χ4v) is 1.65. The zero-order valence-corrected chi connectivity index (χ0v) is 11.7. The van der Waals surface area contributed by atoms with Crippen LogP contribution in [0.25, 0.3) is 0 Å². The third kappa shape index (κ3) is 3.98. The number of ether oxygens (including phenoxy) is 1. The molecule has 0 saturated heterocycles. The highest BCUT2D eigenvalue weighted by molar-refractivity contribution is 9.10. The Morgan fingerprint density at radius 2 is 2.31 bits per heavy atom. The summed E-state index contributed by atoms with van der Waals surface area (Å²) >= 11 is 14.5. The van der Waals surface area contributed by atoms with Crippen LogP contribution in [0.2, 0.25) is 0 Å². The summed E-state index contributed by atoms with van der Waals surface area (Å²) < 4.78 is 6.32. The minimum atomic E-state index is -0.605. The minimum Gasteiger partial charge on any atom is -0.488 e. The van der Waals surface area contributed by atoms with E-state index in [0.717, 1.165) is 4.47 Å². The van der Waals surface area contributed by atoms with Crippen molar-refractivity contribution >= 4 is 39.1 Å². The Morgan fingerprint density at radius 1 is 1.62 bits per heavy atom. The largest absolute Gasteiger partial charge is 0.488 e. The second-order valence-electron chi connectivity index (χ2n) is 3.20. The summed E-state index contributed by atoms with van der Waals surface area (Å²) in [5.74, 6) is 0.592. The fourth-order valence-electron chi connectivity index (χ4n) is 1.16. The number of hydrogen-bond acceptors (Lipinski definition) is 2. The zero-order chi connectivity index (χ0) is 12.1. The van der Waals surface area contributed by atoms with Crippen LogP contribution in [0.4, 0.5) is 0 Å². The van der Waals surface area contributed by atoms with Gasteiger partial charge in [-0.3, -0.25) is 0 Å². The van der Waals surface area contributed by atoms with Gasteiger partial charge in [-0.15, -0.1) is 0 Å². The molecule has 0 aromatic heterocycles. The molecule has 0 fully saturated rings. The van der Waals surface area contributed by atoms with Crippen molar-refractivity contribution in [3.8, 4) is 5.75 Å². The Labute approximate surface area is 113 Å². The molecule has 0 heterocycles. The van der Waals surface area contributed by atoms with E-state index in [2.05, 4.69) is 15.9 Å². The molecule has 0 spiro atoms. The molecule has 1 unspecified atom stereocenters. The highest BCUT2D eigenvalue weighted by atomic mass is 79.9. The van der Waals surface area contributed by atoms with Gasteiger partial charge in [0.2, 0.25) is 0 Å². The van der Waals surface area contributed by atoms with Crippen molar-refractivity contribution in [3.05, 3.63) is 38.8 Å². The van der Waals surface area contributed by atoms with Crippen LogP contribution in [0.15, 0.2) is 33.2 Å². The van der Waals surface area contributed by atoms with Crippen LogP contribution in [0.3, 0.4) is 0 Å². The summed E-state index contributed by atoms with van der Waals surface area (Å²) in [4.78, 5) is 0. The lowest BCUT2D eigenvalue weighted by molar-refractivity contribution is 0.192. The molecule has 5 heteroatoms. The average molecular weight is 326 g/mol. The molecule has 0 saturated carbocycles. The van der Waals surface area contributed by atoms with Crippen molar-refractivity contribution in [3.63, 3.8) is 0 Å². The Bertz CT molecular complexity index is 392. The maximum absolute atomic E-state index is 9.58. The molecule has 0 aliphatic rings. The molecule has 88 valence electrons. The molecule has 0 aliphatic carbocycles. The molecule has 1 rings (SSSR count). The summed E-state index contributed by atoms with van der Waals surface area (Å²) in [7, 11) is 0. The van der Waals surface area contributed by atoms with Crippen LogP contribution in [-0.4, -0.2) is 11.7 Å². The molecule has 0 amide bonds. The zero-order valence-electron chi connectivity index (χ0n) is 8.58. The first-order chi connectivity index (χ1) is 7.54. The third-order valence-corrected chi connectivity index (χ3v) is 2.99. The van der Waals surface area contributed by atoms with E-state index in [1.165, 1.54) is 5.54 Å². The standard InChI is InChI=1S/C11H11BrCl2O2/c1-7(15)10-4-8(12)2-3-11(10)16-6-9(14)5-13/h2-5,7,15H,6H2,1H3. The first-order valence-electron chi connectivity index (χ1n) is 4.59. The van der Waals surface area contributed by atoms with Crippen LogP contribution >= 0.6 is 39.1 Å². The van der Waals surface area contributed by atoms with Gasteiger partial charge in [0.05, 0.1) is 11.1 Å². The number of rotatable bonds is 4. The molecule has 2 nitrogen and oxygen atoms in total. The quantitative estimate of drug-likeness (QED) is 0.899. The topological polar surface area (TPSA) is 29.5 Å². The third-order valence-electron chi connectivity index (χ3n) is 1.91. The molecular formula is C11H11BrCl2O2. The van der Waals surface area contributed by atoms with Crippen molar-refractivity contribution in [1.82, 2.24) is 0 Å². The van der Waals surface area contributed by atoms with E-state index in [-0.39, 0.29) is 6.61 Å². The number of aliphatic hydroxyl groups is 1. The second-order valence-corrected chi connectivity index (χ2v) is 4.82.